The van der Waals surface area contributed by atoms with E-state index in [0.717, 1.165) is 6.54 Å². The summed E-state index contributed by atoms with van der Waals surface area (Å²) in [6.45, 7) is 1.41. The molecule has 0 bridgehead atoms. The second kappa shape index (κ2) is 3.49. The second-order valence-corrected chi connectivity index (χ2v) is 5.20. The number of ether oxygens (including phenoxy) is 1. The van der Waals surface area contributed by atoms with Gasteiger partial charge in [0.2, 0.25) is 0 Å². The molecule has 0 aliphatic carbocycles. The van der Waals surface area contributed by atoms with Gasteiger partial charge in [-0.15, -0.1) is 12.4 Å². The van der Waals surface area contributed by atoms with Gasteiger partial charge >= 0.3 is 0 Å². The van der Waals surface area contributed by atoms with Crippen molar-refractivity contribution < 1.29 is 13.2 Å². The number of sulfone groups is 1. The van der Waals surface area contributed by atoms with Crippen molar-refractivity contribution in [3.8, 4) is 0 Å². The summed E-state index contributed by atoms with van der Waals surface area (Å²) in [5.41, 5.74) is 0. The van der Waals surface area contributed by atoms with Crippen molar-refractivity contribution in [1.82, 2.24) is 5.32 Å². The lowest BCUT2D eigenvalue weighted by Crippen LogP contribution is -2.47. The highest BCUT2D eigenvalue weighted by atomic mass is 35.5. The molecule has 0 saturated carbocycles. The molecular formula is C6H12ClNO3S. The number of hydrogen-bond donors (Lipinski definition) is 1. The number of halogens is 1. The minimum atomic E-state index is -2.82. The maximum absolute atomic E-state index is 11.1. The number of rotatable bonds is 0. The highest BCUT2D eigenvalue weighted by Gasteiger charge is 2.39. The van der Waals surface area contributed by atoms with Gasteiger partial charge in [-0.2, -0.15) is 0 Å². The van der Waals surface area contributed by atoms with Gasteiger partial charge in [-0.1, -0.05) is 0 Å². The molecule has 2 fully saturated rings. The Balaban J connectivity index is 0.000000720. The molecule has 0 aromatic heterocycles. The van der Waals surface area contributed by atoms with E-state index in [-0.39, 0.29) is 36.1 Å². The minimum absolute atomic E-state index is 0. The Morgan fingerprint density at radius 1 is 1.33 bits per heavy atom. The molecule has 2 heterocycles. The predicted octanol–water partition coefficient (Wildman–Crippen LogP) is -0.806. The van der Waals surface area contributed by atoms with E-state index in [9.17, 15) is 8.42 Å². The molecule has 1 N–H and O–H groups in total. The fraction of sp³-hybridized carbons (Fsp3) is 1.00. The van der Waals surface area contributed by atoms with Crippen LogP contribution in [0.2, 0.25) is 0 Å². The first-order valence-corrected chi connectivity index (χ1v) is 5.55. The van der Waals surface area contributed by atoms with Gasteiger partial charge in [0.25, 0.3) is 0 Å². The topological polar surface area (TPSA) is 55.4 Å². The van der Waals surface area contributed by atoms with Crippen LogP contribution in [0.25, 0.3) is 0 Å². The summed E-state index contributed by atoms with van der Waals surface area (Å²) in [6, 6.07) is 0.0498. The summed E-state index contributed by atoms with van der Waals surface area (Å²) < 4.78 is 27.4. The fourth-order valence-corrected chi connectivity index (χ4v) is 3.47. The summed E-state index contributed by atoms with van der Waals surface area (Å²) in [7, 11) is -2.82. The SMILES string of the molecule is Cl.O=S1(=O)CC2NCCOC2C1. The Hall–Kier alpha value is 0.160. The molecule has 0 aromatic carbocycles. The first kappa shape index (κ1) is 10.2. The molecule has 12 heavy (non-hydrogen) atoms. The van der Waals surface area contributed by atoms with Crippen LogP contribution in [0.4, 0.5) is 0 Å². The van der Waals surface area contributed by atoms with E-state index in [2.05, 4.69) is 5.32 Å². The van der Waals surface area contributed by atoms with E-state index < -0.39 is 9.84 Å². The zero-order valence-corrected chi connectivity index (χ0v) is 8.16. The van der Waals surface area contributed by atoms with Gasteiger partial charge in [0, 0.05) is 12.6 Å². The molecule has 0 aromatic rings. The van der Waals surface area contributed by atoms with Gasteiger partial charge in [-0.05, 0) is 0 Å². The highest BCUT2D eigenvalue weighted by molar-refractivity contribution is 7.91. The Labute approximate surface area is 78.0 Å². The molecule has 2 unspecified atom stereocenters. The lowest BCUT2D eigenvalue weighted by Gasteiger charge is -2.25. The Bertz CT molecular complexity index is 234. The van der Waals surface area contributed by atoms with E-state index >= 15 is 0 Å². The largest absolute Gasteiger partial charge is 0.374 e. The number of nitrogens with one attached hydrogen (secondary N) is 1. The maximum atomic E-state index is 11.1. The summed E-state index contributed by atoms with van der Waals surface area (Å²) >= 11 is 0. The van der Waals surface area contributed by atoms with Gasteiger partial charge in [0.15, 0.2) is 9.84 Å². The van der Waals surface area contributed by atoms with Crippen LogP contribution in [0.15, 0.2) is 0 Å². The summed E-state index contributed by atoms with van der Waals surface area (Å²) in [5, 5.41) is 3.13. The summed E-state index contributed by atoms with van der Waals surface area (Å²) in [6.07, 6.45) is -0.0891. The molecule has 6 heteroatoms. The molecule has 2 rings (SSSR count). The third-order valence-corrected chi connectivity index (χ3v) is 3.84. The van der Waals surface area contributed by atoms with Crippen LogP contribution in [0.3, 0.4) is 0 Å². The lowest BCUT2D eigenvalue weighted by molar-refractivity contribution is 0.0224. The quantitative estimate of drug-likeness (QED) is 0.572. The molecule has 2 saturated heterocycles. The zero-order valence-electron chi connectivity index (χ0n) is 6.52. The molecule has 2 aliphatic rings. The van der Waals surface area contributed by atoms with Gasteiger partial charge in [0.05, 0.1) is 24.2 Å². The van der Waals surface area contributed by atoms with Crippen molar-refractivity contribution in [3.63, 3.8) is 0 Å². The van der Waals surface area contributed by atoms with Crippen LogP contribution in [0, 0.1) is 0 Å². The molecule has 72 valence electrons. The maximum Gasteiger partial charge on any atom is 0.154 e. The zero-order chi connectivity index (χ0) is 7.90. The average molecular weight is 214 g/mol. The molecule has 0 spiro atoms. The number of fused-ring (bicyclic) bond motifs is 1. The van der Waals surface area contributed by atoms with E-state index in [1.807, 2.05) is 0 Å². The van der Waals surface area contributed by atoms with Gasteiger partial charge in [0.1, 0.15) is 0 Å². The predicted molar refractivity (Wildman–Crippen MR) is 47.4 cm³/mol. The minimum Gasteiger partial charge on any atom is -0.374 e. The van der Waals surface area contributed by atoms with Crippen LogP contribution in [0.5, 0.6) is 0 Å². The molecule has 2 aliphatic heterocycles. The average Bonchev–Trinajstić information content (AvgIpc) is 2.21. The van der Waals surface area contributed by atoms with Crippen molar-refractivity contribution in [2.24, 2.45) is 0 Å². The number of morpholine rings is 1. The summed E-state index contributed by atoms with van der Waals surface area (Å²) in [4.78, 5) is 0. The van der Waals surface area contributed by atoms with Gasteiger partial charge in [-0.3, -0.25) is 0 Å². The Kier molecular flexibility index (Phi) is 2.98. The fourth-order valence-electron chi connectivity index (χ4n) is 1.62. The molecule has 2 atom stereocenters. The number of hydrogen-bond acceptors (Lipinski definition) is 4. The van der Waals surface area contributed by atoms with Crippen molar-refractivity contribution >= 4 is 22.2 Å². The standard InChI is InChI=1S/C6H11NO3S.ClH/c8-11(9)3-5-6(4-11)10-2-1-7-5;/h5-7H,1-4H2;1H. The van der Waals surface area contributed by atoms with Crippen molar-refractivity contribution in [1.29, 1.82) is 0 Å². The first-order chi connectivity index (χ1) is 5.17. The smallest absolute Gasteiger partial charge is 0.154 e. The molecule has 0 radical (unpaired) electrons. The molecular weight excluding hydrogens is 202 g/mol. The third-order valence-electron chi connectivity index (χ3n) is 2.14. The highest BCUT2D eigenvalue weighted by Crippen LogP contribution is 2.17. The molecule has 0 amide bonds. The van der Waals surface area contributed by atoms with Crippen LogP contribution in [0.1, 0.15) is 0 Å². The van der Waals surface area contributed by atoms with Crippen LogP contribution in [-0.2, 0) is 14.6 Å². The molecule has 4 nitrogen and oxygen atoms in total. The van der Waals surface area contributed by atoms with E-state index in [4.69, 9.17) is 4.74 Å². The third kappa shape index (κ3) is 1.90. The van der Waals surface area contributed by atoms with Crippen molar-refractivity contribution in [3.05, 3.63) is 0 Å². The second-order valence-electron chi connectivity index (χ2n) is 3.05. The van der Waals surface area contributed by atoms with Crippen LogP contribution < -0.4 is 5.32 Å². The van der Waals surface area contributed by atoms with Gasteiger partial charge in [-0.25, -0.2) is 8.42 Å². The Morgan fingerprint density at radius 2 is 2.08 bits per heavy atom. The monoisotopic (exact) mass is 213 g/mol. The summed E-state index contributed by atoms with van der Waals surface area (Å²) in [5.74, 6) is 0.447. The van der Waals surface area contributed by atoms with E-state index in [1.54, 1.807) is 0 Å². The van der Waals surface area contributed by atoms with E-state index in [0.29, 0.717) is 6.61 Å². The van der Waals surface area contributed by atoms with Gasteiger partial charge < -0.3 is 10.1 Å². The van der Waals surface area contributed by atoms with E-state index in [1.165, 1.54) is 0 Å². The first-order valence-electron chi connectivity index (χ1n) is 3.73. The van der Waals surface area contributed by atoms with Crippen LogP contribution >= 0.6 is 12.4 Å². The lowest BCUT2D eigenvalue weighted by atomic mass is 10.2. The van der Waals surface area contributed by atoms with Crippen LogP contribution in [-0.4, -0.2) is 45.2 Å². The van der Waals surface area contributed by atoms with Crippen molar-refractivity contribution in [2.45, 2.75) is 12.1 Å². The van der Waals surface area contributed by atoms with Crippen molar-refractivity contribution in [2.75, 3.05) is 24.7 Å². The Morgan fingerprint density at radius 3 is 2.75 bits per heavy atom. The normalized spacial score (nSPS) is 38.3.